The molecular formula is C20H25N5O3. The van der Waals surface area contributed by atoms with Crippen molar-refractivity contribution in [2.45, 2.75) is 32.7 Å². The summed E-state index contributed by atoms with van der Waals surface area (Å²) < 4.78 is 11.3. The molecule has 1 aliphatic heterocycles. The Hall–Kier alpha value is -3.26. The molecule has 2 atom stereocenters. The fourth-order valence-corrected chi connectivity index (χ4v) is 2.63. The molecule has 2 aromatic carbocycles. The second-order valence-corrected chi connectivity index (χ2v) is 6.58. The molecule has 0 saturated carbocycles. The summed E-state index contributed by atoms with van der Waals surface area (Å²) in [6.45, 7) is 4.44. The number of rotatable bonds is 7. The maximum atomic E-state index is 11.3. The second kappa shape index (κ2) is 9.09. The smallest absolute Gasteiger partial charge is 0.330 e. The number of aryl methyl sites for hydroxylation is 1. The summed E-state index contributed by atoms with van der Waals surface area (Å²) in [4.78, 5) is 11.3. The van der Waals surface area contributed by atoms with Gasteiger partial charge in [-0.3, -0.25) is 10.9 Å². The number of nitrogens with one attached hydrogen (secondary N) is 4. The number of hydrazone groups is 1. The Kier molecular flexibility index (Phi) is 6.33. The van der Waals surface area contributed by atoms with E-state index >= 15 is 0 Å². The van der Waals surface area contributed by atoms with Crippen LogP contribution in [0.4, 0.5) is 4.79 Å². The number of ether oxygens (including phenoxy) is 2. The highest BCUT2D eigenvalue weighted by Crippen LogP contribution is 2.28. The van der Waals surface area contributed by atoms with E-state index in [2.05, 4.69) is 45.8 Å². The van der Waals surface area contributed by atoms with Crippen molar-refractivity contribution in [3.05, 3.63) is 59.2 Å². The van der Waals surface area contributed by atoms with E-state index in [9.17, 15) is 4.79 Å². The van der Waals surface area contributed by atoms with E-state index in [0.717, 1.165) is 11.1 Å². The lowest BCUT2D eigenvalue weighted by Crippen LogP contribution is -2.67. The first-order valence-electron chi connectivity index (χ1n) is 9.02. The molecule has 0 radical (unpaired) electrons. The van der Waals surface area contributed by atoms with Gasteiger partial charge in [0.15, 0.2) is 11.5 Å². The highest BCUT2D eigenvalue weighted by molar-refractivity contribution is 5.80. The molecule has 1 heterocycles. The van der Waals surface area contributed by atoms with Crippen LogP contribution in [-0.4, -0.2) is 31.6 Å². The lowest BCUT2D eigenvalue weighted by atomic mass is 10.2. The average molecular weight is 383 g/mol. The first kappa shape index (κ1) is 19.5. The molecule has 1 fully saturated rings. The predicted octanol–water partition coefficient (Wildman–Crippen LogP) is 2.04. The highest BCUT2D eigenvalue weighted by Gasteiger charge is 2.23. The van der Waals surface area contributed by atoms with Gasteiger partial charge in [0, 0.05) is 0 Å². The van der Waals surface area contributed by atoms with Gasteiger partial charge in [-0.15, -0.1) is 0 Å². The van der Waals surface area contributed by atoms with Crippen LogP contribution in [0.3, 0.4) is 0 Å². The molecule has 0 spiro atoms. The third kappa shape index (κ3) is 5.14. The number of benzene rings is 2. The third-order valence-corrected chi connectivity index (χ3v) is 4.33. The Balaban J connectivity index is 1.60. The molecule has 0 aromatic heterocycles. The van der Waals surface area contributed by atoms with Crippen LogP contribution in [0.5, 0.6) is 11.5 Å². The summed E-state index contributed by atoms with van der Waals surface area (Å²) >= 11 is 0. The van der Waals surface area contributed by atoms with E-state index in [1.807, 2.05) is 37.3 Å². The van der Waals surface area contributed by atoms with Crippen LogP contribution >= 0.6 is 0 Å². The van der Waals surface area contributed by atoms with Gasteiger partial charge in [-0.05, 0) is 43.2 Å². The zero-order valence-corrected chi connectivity index (χ0v) is 16.2. The molecule has 3 rings (SSSR count). The predicted molar refractivity (Wildman–Crippen MR) is 107 cm³/mol. The summed E-state index contributed by atoms with van der Waals surface area (Å²) in [5.74, 6) is 1.29. The molecule has 1 saturated heterocycles. The summed E-state index contributed by atoms with van der Waals surface area (Å²) in [5, 5.41) is 6.94. The zero-order valence-electron chi connectivity index (χ0n) is 16.2. The van der Waals surface area contributed by atoms with Gasteiger partial charge in [-0.2, -0.15) is 5.10 Å². The van der Waals surface area contributed by atoms with Crippen molar-refractivity contribution in [3.63, 3.8) is 0 Å². The maximum absolute atomic E-state index is 11.3. The van der Waals surface area contributed by atoms with Crippen molar-refractivity contribution in [3.8, 4) is 11.5 Å². The fraction of sp³-hybridized carbons (Fsp3) is 0.300. The van der Waals surface area contributed by atoms with E-state index in [1.165, 1.54) is 5.56 Å². The van der Waals surface area contributed by atoms with Crippen molar-refractivity contribution >= 4 is 12.2 Å². The molecule has 148 valence electrons. The Labute approximate surface area is 164 Å². The summed E-state index contributed by atoms with van der Waals surface area (Å²) in [6, 6.07) is 13.5. The molecule has 4 N–H and O–H groups in total. The van der Waals surface area contributed by atoms with Gasteiger partial charge in [0.25, 0.3) is 0 Å². The van der Waals surface area contributed by atoms with Crippen LogP contribution in [-0.2, 0) is 6.61 Å². The molecule has 0 aliphatic carbocycles. The number of hydrogen-bond acceptors (Lipinski definition) is 6. The van der Waals surface area contributed by atoms with Crippen LogP contribution in [0.2, 0.25) is 0 Å². The fourth-order valence-electron chi connectivity index (χ4n) is 2.63. The summed E-state index contributed by atoms with van der Waals surface area (Å²) in [5.41, 5.74) is 11.4. The normalized spacial score (nSPS) is 19.0. The average Bonchev–Trinajstić information content (AvgIpc) is 2.70. The molecule has 8 nitrogen and oxygen atoms in total. The molecule has 1 aliphatic rings. The number of nitrogens with zero attached hydrogens (tertiary/aromatic N) is 1. The minimum Gasteiger partial charge on any atom is -0.493 e. The molecule has 2 amide bonds. The number of urea groups is 1. The Morgan fingerprint density at radius 2 is 1.96 bits per heavy atom. The minimum absolute atomic E-state index is 0.0260. The molecule has 2 aromatic rings. The molecule has 28 heavy (non-hydrogen) atoms. The molecule has 8 heteroatoms. The zero-order chi connectivity index (χ0) is 19.9. The maximum Gasteiger partial charge on any atom is 0.330 e. The van der Waals surface area contributed by atoms with Gasteiger partial charge in [0.2, 0.25) is 0 Å². The second-order valence-electron chi connectivity index (χ2n) is 6.58. The van der Waals surface area contributed by atoms with Crippen molar-refractivity contribution in [1.82, 2.24) is 21.6 Å². The quantitative estimate of drug-likeness (QED) is 0.433. The number of methoxy groups -OCH3 is 1. The van der Waals surface area contributed by atoms with Crippen molar-refractivity contribution in [1.29, 1.82) is 0 Å². The van der Waals surface area contributed by atoms with Gasteiger partial charge in [-0.25, -0.2) is 10.2 Å². The van der Waals surface area contributed by atoms with E-state index in [4.69, 9.17) is 9.47 Å². The molecular weight excluding hydrogens is 358 g/mol. The number of hydrazine groups is 1. The largest absolute Gasteiger partial charge is 0.493 e. The van der Waals surface area contributed by atoms with Crippen LogP contribution in [0.25, 0.3) is 0 Å². The standard InChI is InChI=1S/C20H25N5O3/c1-13-4-6-15(7-5-13)12-28-17-9-8-16(10-18(17)27-3)11-21-24-19-14(2)23-25-20(26)22-19/h4-11,14,19,23-24H,12H2,1-3H3,(H2,22,25,26)/b21-11+. The van der Waals surface area contributed by atoms with Crippen molar-refractivity contribution in [2.75, 3.05) is 7.11 Å². The lowest BCUT2D eigenvalue weighted by Gasteiger charge is -2.30. The van der Waals surface area contributed by atoms with Gasteiger partial charge >= 0.3 is 6.03 Å². The number of carbonyl (C=O) groups excluding carboxylic acids is 1. The summed E-state index contributed by atoms with van der Waals surface area (Å²) in [6.07, 6.45) is 1.34. The third-order valence-electron chi connectivity index (χ3n) is 4.33. The van der Waals surface area contributed by atoms with Crippen LogP contribution in [0.1, 0.15) is 23.6 Å². The number of hydrogen-bond donors (Lipinski definition) is 4. The monoisotopic (exact) mass is 383 g/mol. The number of carbonyl (C=O) groups is 1. The molecule has 0 bridgehead atoms. The van der Waals surface area contributed by atoms with Crippen molar-refractivity contribution < 1.29 is 14.3 Å². The SMILES string of the molecule is COc1cc(/C=N/NC2NC(=O)NNC2C)ccc1OCc1ccc(C)cc1. The van der Waals surface area contributed by atoms with E-state index in [0.29, 0.717) is 18.1 Å². The lowest BCUT2D eigenvalue weighted by molar-refractivity contribution is 0.202. The van der Waals surface area contributed by atoms with Crippen LogP contribution < -0.4 is 31.1 Å². The van der Waals surface area contributed by atoms with Crippen LogP contribution in [0, 0.1) is 6.92 Å². The Morgan fingerprint density at radius 3 is 2.71 bits per heavy atom. The van der Waals surface area contributed by atoms with Gasteiger partial charge < -0.3 is 14.8 Å². The first-order valence-corrected chi connectivity index (χ1v) is 9.02. The molecule has 2 unspecified atom stereocenters. The Morgan fingerprint density at radius 1 is 1.18 bits per heavy atom. The van der Waals surface area contributed by atoms with Gasteiger partial charge in [0.1, 0.15) is 12.8 Å². The topological polar surface area (TPSA) is 96.0 Å². The van der Waals surface area contributed by atoms with Gasteiger partial charge in [-0.1, -0.05) is 29.8 Å². The minimum atomic E-state index is -0.316. The van der Waals surface area contributed by atoms with E-state index in [-0.39, 0.29) is 18.2 Å². The first-order chi connectivity index (χ1) is 13.5. The summed E-state index contributed by atoms with van der Waals surface area (Å²) in [7, 11) is 1.60. The van der Waals surface area contributed by atoms with E-state index < -0.39 is 0 Å². The number of amides is 2. The van der Waals surface area contributed by atoms with Gasteiger partial charge in [0.05, 0.1) is 19.4 Å². The highest BCUT2D eigenvalue weighted by atomic mass is 16.5. The van der Waals surface area contributed by atoms with E-state index in [1.54, 1.807) is 13.3 Å². The Bertz CT molecular complexity index is 838. The van der Waals surface area contributed by atoms with Crippen LogP contribution in [0.15, 0.2) is 47.6 Å². The van der Waals surface area contributed by atoms with Crippen molar-refractivity contribution in [2.24, 2.45) is 5.10 Å².